The van der Waals surface area contributed by atoms with Gasteiger partial charge in [0.15, 0.2) is 29.6 Å². The van der Waals surface area contributed by atoms with Crippen LogP contribution in [0.3, 0.4) is 0 Å². The quantitative estimate of drug-likeness (QED) is 0.597. The van der Waals surface area contributed by atoms with Gasteiger partial charge in [0.1, 0.15) is 6.17 Å². The summed E-state index contributed by atoms with van der Waals surface area (Å²) in [6.07, 6.45) is -0.549. The number of carbonyl (C=O) groups is 2. The summed E-state index contributed by atoms with van der Waals surface area (Å²) in [5.41, 5.74) is 7.85. The van der Waals surface area contributed by atoms with Crippen molar-refractivity contribution >= 4 is 23.2 Å². The lowest BCUT2D eigenvalue weighted by Gasteiger charge is -2.38. The molecular weight excluding hydrogens is 426 g/mol. The van der Waals surface area contributed by atoms with Gasteiger partial charge < -0.3 is 30.0 Å². The highest BCUT2D eigenvalue weighted by Crippen LogP contribution is 2.42. The van der Waals surface area contributed by atoms with Gasteiger partial charge in [0.05, 0.1) is 18.4 Å². The average Bonchev–Trinajstić information content (AvgIpc) is 3.30. The van der Waals surface area contributed by atoms with Gasteiger partial charge in [-0.25, -0.2) is 0 Å². The third-order valence-corrected chi connectivity index (χ3v) is 5.43. The first-order valence-corrected chi connectivity index (χ1v) is 10.2. The number of nitrogens with zero attached hydrogens (tertiary/aromatic N) is 1. The number of carbonyl (C=O) groups excluding carboxylic acids is 2. The van der Waals surface area contributed by atoms with Crippen molar-refractivity contribution in [3.63, 3.8) is 0 Å². The highest BCUT2D eigenvalue weighted by atomic mass is 16.7. The molecule has 3 aromatic carbocycles. The van der Waals surface area contributed by atoms with Crippen molar-refractivity contribution in [2.75, 3.05) is 30.7 Å². The van der Waals surface area contributed by atoms with Gasteiger partial charge >= 0.3 is 0 Å². The van der Waals surface area contributed by atoms with Crippen LogP contribution in [0.1, 0.15) is 22.1 Å². The van der Waals surface area contributed by atoms with Crippen LogP contribution in [-0.2, 0) is 4.79 Å². The molecule has 9 nitrogen and oxygen atoms in total. The number of nitrogens with one attached hydrogen (secondary N) is 1. The van der Waals surface area contributed by atoms with Crippen molar-refractivity contribution in [3.05, 3.63) is 71.8 Å². The zero-order valence-electron chi connectivity index (χ0n) is 17.7. The lowest BCUT2D eigenvalue weighted by molar-refractivity contribution is -0.119. The summed E-state index contributed by atoms with van der Waals surface area (Å²) in [5, 5.41) is 3.44. The first-order valence-electron chi connectivity index (χ1n) is 10.2. The summed E-state index contributed by atoms with van der Waals surface area (Å²) in [6, 6.07) is 18.0. The Balaban J connectivity index is 1.58. The van der Waals surface area contributed by atoms with Crippen molar-refractivity contribution in [1.29, 1.82) is 0 Å². The van der Waals surface area contributed by atoms with Crippen molar-refractivity contribution in [2.45, 2.75) is 6.17 Å². The van der Waals surface area contributed by atoms with Crippen molar-refractivity contribution < 1.29 is 28.5 Å². The van der Waals surface area contributed by atoms with E-state index >= 15 is 0 Å². The number of nitrogens with two attached hydrogens (primary N) is 1. The number of amides is 2. The minimum Gasteiger partial charge on any atom is -0.493 e. The smallest absolute Gasteiger partial charge is 0.262 e. The molecule has 9 heteroatoms. The lowest BCUT2D eigenvalue weighted by Crippen LogP contribution is -2.43. The Bertz CT molecular complexity index is 1240. The second-order valence-corrected chi connectivity index (χ2v) is 7.47. The molecule has 0 radical (unpaired) electrons. The second-order valence-electron chi connectivity index (χ2n) is 7.47. The number of fused-ring (bicyclic) bond motifs is 2. The third-order valence-electron chi connectivity index (χ3n) is 5.43. The van der Waals surface area contributed by atoms with Gasteiger partial charge in [-0.3, -0.25) is 14.5 Å². The molecule has 0 fully saturated rings. The molecule has 0 spiro atoms. The minimum atomic E-state index is -0.591. The third kappa shape index (κ3) is 3.73. The molecule has 3 N–H and O–H groups in total. The maximum Gasteiger partial charge on any atom is 0.262 e. The maximum atomic E-state index is 13.6. The second kappa shape index (κ2) is 8.27. The molecule has 2 aliphatic rings. The lowest BCUT2D eigenvalue weighted by atomic mass is 10.0. The van der Waals surface area contributed by atoms with E-state index in [4.69, 9.17) is 24.7 Å². The zero-order valence-corrected chi connectivity index (χ0v) is 17.7. The molecular formula is C24H21N3O6. The molecule has 33 heavy (non-hydrogen) atoms. The molecule has 0 aliphatic carbocycles. The Hall–Kier alpha value is -4.40. The van der Waals surface area contributed by atoms with E-state index in [1.54, 1.807) is 41.3 Å². The Morgan fingerprint density at radius 3 is 2.73 bits per heavy atom. The van der Waals surface area contributed by atoms with E-state index in [1.807, 2.05) is 24.3 Å². The summed E-state index contributed by atoms with van der Waals surface area (Å²) in [7, 11) is 1.50. The number of hydrogen-bond donors (Lipinski definition) is 2. The summed E-state index contributed by atoms with van der Waals surface area (Å²) < 4.78 is 21.8. The van der Waals surface area contributed by atoms with E-state index in [9.17, 15) is 9.59 Å². The van der Waals surface area contributed by atoms with Crippen LogP contribution in [0, 0.1) is 0 Å². The van der Waals surface area contributed by atoms with Gasteiger partial charge in [-0.1, -0.05) is 18.2 Å². The van der Waals surface area contributed by atoms with E-state index in [2.05, 4.69) is 5.32 Å². The molecule has 168 valence electrons. The molecule has 3 aromatic rings. The maximum absolute atomic E-state index is 13.6. The van der Waals surface area contributed by atoms with E-state index in [0.29, 0.717) is 34.2 Å². The number of primary amides is 1. The Morgan fingerprint density at radius 1 is 1.09 bits per heavy atom. The molecule has 0 bridgehead atoms. The van der Waals surface area contributed by atoms with Crippen LogP contribution in [0.25, 0.3) is 0 Å². The molecule has 0 saturated carbocycles. The molecule has 0 saturated heterocycles. The van der Waals surface area contributed by atoms with Gasteiger partial charge in [0, 0.05) is 11.8 Å². The van der Waals surface area contributed by atoms with Gasteiger partial charge in [-0.2, -0.15) is 0 Å². The molecule has 2 heterocycles. The molecule has 2 amide bonds. The summed E-state index contributed by atoms with van der Waals surface area (Å²) in [5.74, 6) is 1.23. The average molecular weight is 447 g/mol. The SMILES string of the molecule is COc1cc(C2Nc3ccccc3C(=O)N2c2ccc3c(c2)OCO3)ccc1OCC(N)=O. The number of rotatable bonds is 6. The van der Waals surface area contributed by atoms with E-state index in [-0.39, 0.29) is 19.3 Å². The Labute approximate surface area is 189 Å². The minimum absolute atomic E-state index is 0.140. The van der Waals surface area contributed by atoms with Gasteiger partial charge in [-0.05, 0) is 42.0 Å². The monoisotopic (exact) mass is 447 g/mol. The van der Waals surface area contributed by atoms with E-state index < -0.39 is 12.1 Å². The summed E-state index contributed by atoms with van der Waals surface area (Å²) in [6.45, 7) is -0.131. The number of hydrogen-bond acceptors (Lipinski definition) is 7. The van der Waals surface area contributed by atoms with Crippen molar-refractivity contribution in [2.24, 2.45) is 5.73 Å². The van der Waals surface area contributed by atoms with Gasteiger partial charge in [-0.15, -0.1) is 0 Å². The fourth-order valence-electron chi connectivity index (χ4n) is 3.91. The number of para-hydroxylation sites is 1. The van der Waals surface area contributed by atoms with Crippen LogP contribution >= 0.6 is 0 Å². The highest BCUT2D eigenvalue weighted by Gasteiger charge is 2.35. The van der Waals surface area contributed by atoms with Crippen LogP contribution in [0.2, 0.25) is 0 Å². The van der Waals surface area contributed by atoms with Crippen LogP contribution in [-0.4, -0.2) is 32.3 Å². The highest BCUT2D eigenvalue weighted by molar-refractivity contribution is 6.12. The van der Waals surface area contributed by atoms with Crippen LogP contribution < -0.4 is 34.9 Å². The van der Waals surface area contributed by atoms with Crippen LogP contribution in [0.4, 0.5) is 11.4 Å². The topological polar surface area (TPSA) is 112 Å². The van der Waals surface area contributed by atoms with E-state index in [1.165, 1.54) is 7.11 Å². The summed E-state index contributed by atoms with van der Waals surface area (Å²) in [4.78, 5) is 26.4. The van der Waals surface area contributed by atoms with Crippen molar-refractivity contribution in [1.82, 2.24) is 0 Å². The largest absolute Gasteiger partial charge is 0.493 e. The molecule has 2 aliphatic heterocycles. The standard InChI is InChI=1S/C24H21N3O6/c1-30-20-10-14(6-8-18(20)31-12-22(25)28)23-26-17-5-3-2-4-16(17)24(29)27(23)15-7-9-19-21(11-15)33-13-32-19/h2-11,23,26H,12-13H2,1H3,(H2,25,28). The predicted octanol–water partition coefficient (Wildman–Crippen LogP) is 3.06. The van der Waals surface area contributed by atoms with Crippen LogP contribution in [0.15, 0.2) is 60.7 Å². The fourth-order valence-corrected chi connectivity index (χ4v) is 3.91. The number of benzene rings is 3. The summed E-state index contributed by atoms with van der Waals surface area (Å²) >= 11 is 0. The molecule has 0 aromatic heterocycles. The Kier molecular flexibility index (Phi) is 5.14. The van der Waals surface area contributed by atoms with Crippen LogP contribution in [0.5, 0.6) is 23.0 Å². The Morgan fingerprint density at radius 2 is 1.91 bits per heavy atom. The number of anilines is 2. The predicted molar refractivity (Wildman–Crippen MR) is 120 cm³/mol. The first-order chi connectivity index (χ1) is 16.0. The first kappa shape index (κ1) is 20.5. The van der Waals surface area contributed by atoms with E-state index in [0.717, 1.165) is 11.3 Å². The molecule has 1 atom stereocenters. The normalized spacial score (nSPS) is 16.1. The fraction of sp³-hybridized carbons (Fsp3) is 0.167. The van der Waals surface area contributed by atoms with Crippen molar-refractivity contribution in [3.8, 4) is 23.0 Å². The number of methoxy groups -OCH3 is 1. The molecule has 5 rings (SSSR count). The van der Waals surface area contributed by atoms with Gasteiger partial charge in [0.25, 0.3) is 11.8 Å². The number of ether oxygens (including phenoxy) is 4. The van der Waals surface area contributed by atoms with Gasteiger partial charge in [0.2, 0.25) is 6.79 Å². The molecule has 1 unspecified atom stereocenters. The zero-order chi connectivity index (χ0) is 22.9.